The Labute approximate surface area is 351 Å². The fourth-order valence-corrected chi connectivity index (χ4v) is 4.50. The maximum absolute atomic E-state index is 10.7. The molecule has 0 N–H and O–H groups in total. The molecule has 0 spiro atoms. The van der Waals surface area contributed by atoms with Crippen LogP contribution in [0, 0.1) is 53.7 Å². The molecule has 0 aliphatic carbocycles. The summed E-state index contributed by atoms with van der Waals surface area (Å²) >= 11 is 5.50. The van der Waals surface area contributed by atoms with Gasteiger partial charge in [0.2, 0.25) is 18.2 Å². The molecule has 0 aromatic carbocycles. The summed E-state index contributed by atoms with van der Waals surface area (Å²) in [7, 11) is 15.7. The van der Waals surface area contributed by atoms with E-state index in [4.69, 9.17) is 16.4 Å². The van der Waals surface area contributed by atoms with Gasteiger partial charge in [-0.3, -0.25) is 4.84 Å². The molecule has 0 radical (unpaired) electrons. The summed E-state index contributed by atoms with van der Waals surface area (Å²) in [5, 5.41) is 15.1. The quantitative estimate of drug-likeness (QED) is 0.187. The minimum Gasteiger partial charge on any atom is -0.618 e. The largest absolute Gasteiger partial charge is 0.618 e. The summed E-state index contributed by atoms with van der Waals surface area (Å²) < 4.78 is 16.5. The molecule has 13 heteroatoms. The first-order valence-electron chi connectivity index (χ1n) is 18.8. The van der Waals surface area contributed by atoms with Crippen molar-refractivity contribution in [3.8, 4) is 0 Å². The summed E-state index contributed by atoms with van der Waals surface area (Å²) in [5.41, 5.74) is 5.74. The first kappa shape index (κ1) is 50.0. The van der Waals surface area contributed by atoms with Crippen LogP contribution in [0.1, 0.15) is 39.7 Å². The third-order valence-electron chi connectivity index (χ3n) is 8.66. The van der Waals surface area contributed by atoms with Crippen LogP contribution in [0.25, 0.3) is 0 Å². The van der Waals surface area contributed by atoms with Gasteiger partial charge in [-0.1, -0.05) is 17.7 Å². The Morgan fingerprint density at radius 3 is 1.50 bits per heavy atom. The third-order valence-corrected chi connectivity index (χ3v) is 8.89. The number of aromatic nitrogens is 10. The fourth-order valence-electron chi connectivity index (χ4n) is 4.35. The zero-order valence-corrected chi connectivity index (χ0v) is 38.1. The minimum atomic E-state index is 0.468. The number of imidazole rings is 1. The van der Waals surface area contributed by atoms with Gasteiger partial charge in [0, 0.05) is 91.1 Å². The smallest absolute Gasteiger partial charge is 0.265 e. The fraction of sp³-hybridized carbons (Fsp3) is 0.333. The molecule has 0 aliphatic heterocycles. The van der Waals surface area contributed by atoms with E-state index in [1.54, 1.807) is 37.2 Å². The van der Waals surface area contributed by atoms with E-state index in [1.807, 2.05) is 161 Å². The number of rotatable bonds is 1. The number of pyridine rings is 5. The highest BCUT2D eigenvalue weighted by Crippen LogP contribution is 2.03. The molecular weight excluding hydrogens is 748 g/mol. The third kappa shape index (κ3) is 20.8. The van der Waals surface area contributed by atoms with Crippen molar-refractivity contribution >= 4 is 11.6 Å². The second kappa shape index (κ2) is 26.8. The van der Waals surface area contributed by atoms with Crippen molar-refractivity contribution in [1.29, 1.82) is 0 Å². The maximum Gasteiger partial charge on any atom is 0.265 e. The van der Waals surface area contributed by atoms with Crippen molar-refractivity contribution in [2.24, 2.45) is 49.3 Å². The number of aryl methyl sites for hydroxylation is 12. The van der Waals surface area contributed by atoms with E-state index in [2.05, 4.69) is 77.0 Å². The van der Waals surface area contributed by atoms with Crippen LogP contribution in [0.15, 0.2) is 135 Å². The summed E-state index contributed by atoms with van der Waals surface area (Å²) in [4.78, 5) is 4.91. The van der Waals surface area contributed by atoms with E-state index in [9.17, 15) is 5.21 Å². The van der Waals surface area contributed by atoms with Gasteiger partial charge in [-0.15, -0.1) is 4.68 Å². The second-order valence-corrected chi connectivity index (χ2v) is 14.2. The molecule has 7 aromatic heterocycles. The van der Waals surface area contributed by atoms with E-state index >= 15 is 0 Å². The Bertz CT molecular complexity index is 2070. The topological polar surface area (TPSA) is 82.2 Å². The van der Waals surface area contributed by atoms with Crippen molar-refractivity contribution in [2.45, 2.75) is 48.5 Å². The number of hydrogen-bond acceptors (Lipinski definition) is 3. The lowest BCUT2D eigenvalue weighted by Crippen LogP contribution is -2.39. The Hall–Kier alpha value is -6.01. The molecule has 0 saturated carbocycles. The molecule has 0 bridgehead atoms. The zero-order chi connectivity index (χ0) is 43.8. The normalized spacial score (nSPS) is 9.45. The number of hydrogen-bond donors (Lipinski definition) is 0. The summed E-state index contributed by atoms with van der Waals surface area (Å²) in [6.45, 7) is 14.1. The first-order chi connectivity index (χ1) is 27.3. The van der Waals surface area contributed by atoms with Crippen LogP contribution in [0.5, 0.6) is 0 Å². The highest BCUT2D eigenvalue weighted by atomic mass is 35.5. The molecule has 310 valence electrons. The molecule has 12 nitrogen and oxygen atoms in total. The van der Waals surface area contributed by atoms with Crippen molar-refractivity contribution in [3.05, 3.63) is 185 Å². The summed E-state index contributed by atoms with van der Waals surface area (Å²) in [6, 6.07) is 21.8. The molecule has 0 fully saturated rings. The number of nitrogens with zero attached hydrogens (tertiary/aromatic N) is 10. The van der Waals surface area contributed by atoms with Crippen molar-refractivity contribution in [2.75, 3.05) is 7.11 Å². The van der Waals surface area contributed by atoms with Gasteiger partial charge in [-0.25, -0.2) is 27.4 Å². The second-order valence-electron chi connectivity index (χ2n) is 13.8. The minimum absolute atomic E-state index is 0.468. The molecule has 7 aromatic rings. The van der Waals surface area contributed by atoms with E-state index in [-0.39, 0.29) is 0 Å². The van der Waals surface area contributed by atoms with Crippen LogP contribution in [0.4, 0.5) is 0 Å². The summed E-state index contributed by atoms with van der Waals surface area (Å²) in [6.07, 6.45) is 21.2. The van der Waals surface area contributed by atoms with E-state index < -0.39 is 0 Å². The molecule has 58 heavy (non-hydrogen) atoms. The predicted molar refractivity (Wildman–Crippen MR) is 227 cm³/mol. The molecular formula is C45H67ClN10O2+6. The van der Waals surface area contributed by atoms with Gasteiger partial charge >= 0.3 is 0 Å². The van der Waals surface area contributed by atoms with Crippen molar-refractivity contribution in [1.82, 2.24) is 14.3 Å². The SMILES string of the molecule is CO[n+]1cccc(C)c1.Cc1cc[n+](C)cc1.Cc1ccc(Cl)c[n+]1[O-].Cc1ccc[n+](C)c1.Cc1cccc[n+]1C.Cc1n(C)cc[n+]1C.Cc1n(C)nc[n+]1C. The Kier molecular flexibility index (Phi) is 23.1. The molecule has 0 unspecified atom stereocenters. The van der Waals surface area contributed by atoms with Crippen LogP contribution < -0.4 is 37.1 Å². The first-order valence-corrected chi connectivity index (χ1v) is 19.2. The molecule has 7 heterocycles. The van der Waals surface area contributed by atoms with Gasteiger partial charge in [0.25, 0.3) is 12.2 Å². The van der Waals surface area contributed by atoms with Crippen LogP contribution in [0.2, 0.25) is 5.02 Å². The lowest BCUT2D eigenvalue weighted by Gasteiger charge is -1.97. The van der Waals surface area contributed by atoms with Crippen LogP contribution >= 0.6 is 11.6 Å². The summed E-state index contributed by atoms with van der Waals surface area (Å²) in [5.74, 6) is 2.43. The number of halogens is 1. The molecule has 0 atom stereocenters. The van der Waals surface area contributed by atoms with Crippen molar-refractivity contribution in [3.63, 3.8) is 0 Å². The van der Waals surface area contributed by atoms with Crippen LogP contribution in [-0.2, 0) is 49.3 Å². The zero-order valence-electron chi connectivity index (χ0n) is 37.4. The molecule has 0 saturated heterocycles. The maximum atomic E-state index is 10.7. The molecule has 7 rings (SSSR count). The average Bonchev–Trinajstić information content (AvgIpc) is 3.65. The van der Waals surface area contributed by atoms with Gasteiger partial charge in [0.15, 0.2) is 48.6 Å². The van der Waals surface area contributed by atoms with Gasteiger partial charge in [0.1, 0.15) is 45.7 Å². The lowest BCUT2D eigenvalue weighted by molar-refractivity contribution is -0.885. The Balaban J connectivity index is 0.000000339. The highest BCUT2D eigenvalue weighted by molar-refractivity contribution is 6.30. The molecule has 0 aliphatic rings. The van der Waals surface area contributed by atoms with Gasteiger partial charge < -0.3 is 5.21 Å². The van der Waals surface area contributed by atoms with Gasteiger partial charge in [-0.2, -0.15) is 4.73 Å². The van der Waals surface area contributed by atoms with E-state index in [0.29, 0.717) is 10.7 Å². The average molecular weight is 816 g/mol. The lowest BCUT2D eigenvalue weighted by atomic mass is 10.3. The van der Waals surface area contributed by atoms with Crippen LogP contribution in [0.3, 0.4) is 0 Å². The van der Waals surface area contributed by atoms with Gasteiger partial charge in [-0.05, 0) is 44.5 Å². The standard InChI is InChI=1S/C7H10NO.3C7H10N.C6H6ClNO.C6H11N2.C5H10N3/c1-7-4-3-5-8(6-7)9-2;1-7-3-5-8(2)6-4-7;1-7-4-3-5-8(2)6-7;1-7-5-3-4-6-8(7)2;1-5-2-3-6(7)4-8(5)9;1-6-7(2)4-5-8(6)3;1-5-7(2)4-6-8(5)3/h3-6H,1-2H3;3*3-6H,1-2H3;2-4H,1H3;4-5H,1-3H3;4H,1-3H3/q4*+1;;2*+1. The van der Waals surface area contributed by atoms with Gasteiger partial charge in [0.05, 0.1) is 28.2 Å². The molecule has 0 amide bonds. The Morgan fingerprint density at radius 2 is 1.19 bits per heavy atom. The van der Waals surface area contributed by atoms with E-state index in [1.165, 1.54) is 34.4 Å². The van der Waals surface area contributed by atoms with Crippen molar-refractivity contribution < 1.29 is 37.1 Å². The monoisotopic (exact) mass is 815 g/mol. The predicted octanol–water partition coefficient (Wildman–Crippen LogP) is 3.79. The highest BCUT2D eigenvalue weighted by Gasteiger charge is 2.03. The Morgan fingerprint density at radius 1 is 0.569 bits per heavy atom. The van der Waals surface area contributed by atoms with Crippen LogP contribution in [-0.4, -0.2) is 21.5 Å². The van der Waals surface area contributed by atoms with E-state index in [0.717, 1.165) is 10.6 Å².